The number of hydrogen-bond acceptors (Lipinski definition) is 7. The minimum atomic E-state index is -4.96. The SMILES string of the molecule is C=CC(=O)N1CCCC(n2nc(-c3ccc(CCC(=O)c4cc(OC(F)(F)F)ccc4F)cc3)c3c(N)ncnc32)C1. The number of rotatable bonds is 8. The molecular formula is C29H26F4N6O3. The number of alkyl halides is 3. The van der Waals surface area contributed by atoms with E-state index in [2.05, 4.69) is 21.3 Å². The van der Waals surface area contributed by atoms with Gasteiger partial charge in [-0.15, -0.1) is 13.2 Å². The van der Waals surface area contributed by atoms with E-state index in [4.69, 9.17) is 10.8 Å². The van der Waals surface area contributed by atoms with Gasteiger partial charge in [0.1, 0.15) is 29.4 Å². The van der Waals surface area contributed by atoms with Crippen LogP contribution in [0.3, 0.4) is 0 Å². The van der Waals surface area contributed by atoms with Crippen LogP contribution in [0.15, 0.2) is 61.4 Å². The van der Waals surface area contributed by atoms with Gasteiger partial charge in [0, 0.05) is 25.1 Å². The molecule has 4 aromatic rings. The number of anilines is 1. The molecule has 0 radical (unpaired) electrons. The van der Waals surface area contributed by atoms with Crippen LogP contribution in [0, 0.1) is 5.82 Å². The van der Waals surface area contributed by atoms with Gasteiger partial charge in [-0.1, -0.05) is 30.8 Å². The molecule has 2 aromatic carbocycles. The van der Waals surface area contributed by atoms with Crippen molar-refractivity contribution in [3.63, 3.8) is 0 Å². The molecule has 1 aliphatic rings. The number of ether oxygens (including phenoxy) is 1. The van der Waals surface area contributed by atoms with Gasteiger partial charge in [-0.05, 0) is 49.1 Å². The van der Waals surface area contributed by atoms with Crippen molar-refractivity contribution >= 4 is 28.5 Å². The molecule has 0 bridgehead atoms. The van der Waals surface area contributed by atoms with Crippen molar-refractivity contribution in [3.05, 3.63) is 78.4 Å². The Bertz CT molecular complexity index is 1650. The van der Waals surface area contributed by atoms with Crippen molar-refractivity contribution in [3.8, 4) is 17.0 Å². The highest BCUT2D eigenvalue weighted by molar-refractivity contribution is 5.98. The molecule has 42 heavy (non-hydrogen) atoms. The largest absolute Gasteiger partial charge is 0.573 e. The van der Waals surface area contributed by atoms with E-state index in [0.717, 1.165) is 36.6 Å². The number of aromatic nitrogens is 4. The number of ketones is 1. The number of likely N-dealkylation sites (tertiary alicyclic amines) is 1. The van der Waals surface area contributed by atoms with E-state index < -0.39 is 29.3 Å². The second-order valence-electron chi connectivity index (χ2n) is 9.84. The topological polar surface area (TPSA) is 116 Å². The lowest BCUT2D eigenvalue weighted by Gasteiger charge is -2.32. The maximum atomic E-state index is 14.2. The highest BCUT2D eigenvalue weighted by Gasteiger charge is 2.32. The first-order chi connectivity index (χ1) is 20.0. The fraction of sp³-hybridized carbons (Fsp3) is 0.276. The second kappa shape index (κ2) is 11.6. The summed E-state index contributed by atoms with van der Waals surface area (Å²) < 4.78 is 57.3. The van der Waals surface area contributed by atoms with Crippen LogP contribution in [-0.2, 0) is 11.2 Å². The second-order valence-corrected chi connectivity index (χ2v) is 9.84. The zero-order valence-corrected chi connectivity index (χ0v) is 22.3. The van der Waals surface area contributed by atoms with Crippen molar-refractivity contribution in [1.29, 1.82) is 0 Å². The number of nitrogens with two attached hydrogens (primary N) is 1. The van der Waals surface area contributed by atoms with Gasteiger partial charge in [0.05, 0.1) is 17.0 Å². The smallest absolute Gasteiger partial charge is 0.406 e. The van der Waals surface area contributed by atoms with Gasteiger partial charge < -0.3 is 15.4 Å². The number of piperidine rings is 1. The van der Waals surface area contributed by atoms with Gasteiger partial charge in [0.15, 0.2) is 11.4 Å². The highest BCUT2D eigenvalue weighted by atomic mass is 19.4. The Morgan fingerprint density at radius 2 is 1.90 bits per heavy atom. The van der Waals surface area contributed by atoms with Crippen molar-refractivity contribution in [2.75, 3.05) is 18.8 Å². The Hall–Kier alpha value is -4.81. The van der Waals surface area contributed by atoms with Gasteiger partial charge in [0.2, 0.25) is 5.91 Å². The lowest BCUT2D eigenvalue weighted by molar-refractivity contribution is -0.274. The van der Waals surface area contributed by atoms with Gasteiger partial charge in [-0.3, -0.25) is 9.59 Å². The average Bonchev–Trinajstić information content (AvgIpc) is 3.37. The monoisotopic (exact) mass is 582 g/mol. The summed E-state index contributed by atoms with van der Waals surface area (Å²) in [6.45, 7) is 4.66. The zero-order valence-electron chi connectivity index (χ0n) is 22.3. The summed E-state index contributed by atoms with van der Waals surface area (Å²) in [5.74, 6) is -2.15. The summed E-state index contributed by atoms with van der Waals surface area (Å²) in [7, 11) is 0. The molecule has 2 aromatic heterocycles. The number of Topliss-reactive ketones (excluding diaryl/α,β-unsaturated/α-hetero) is 1. The van der Waals surface area contributed by atoms with Crippen molar-refractivity contribution in [2.45, 2.75) is 38.1 Å². The first-order valence-corrected chi connectivity index (χ1v) is 13.1. The van der Waals surface area contributed by atoms with E-state index in [1.165, 1.54) is 12.4 Å². The van der Waals surface area contributed by atoms with Crippen LogP contribution in [0.2, 0.25) is 0 Å². The van der Waals surface area contributed by atoms with Crippen LogP contribution in [0.4, 0.5) is 23.4 Å². The third-order valence-corrected chi connectivity index (χ3v) is 7.09. The van der Waals surface area contributed by atoms with E-state index in [1.807, 2.05) is 0 Å². The summed E-state index contributed by atoms with van der Waals surface area (Å²) in [4.78, 5) is 35.1. The molecule has 1 saturated heterocycles. The molecule has 13 heteroatoms. The standard InChI is InChI=1S/C29H26F4N6O3/c1-2-24(41)38-13-3-4-19(15-38)39-28-25(27(34)35-16-36-28)26(37-39)18-8-5-17(6-9-18)7-12-23(40)21-14-20(10-11-22(21)30)42-29(31,32)33/h2,5-6,8-11,14,16,19H,1,3-4,7,12-13,15H2,(H2,34,35,36). The highest BCUT2D eigenvalue weighted by Crippen LogP contribution is 2.34. The number of halogens is 4. The predicted octanol–water partition coefficient (Wildman–Crippen LogP) is 5.28. The maximum Gasteiger partial charge on any atom is 0.573 e. The number of nitrogens with zero attached hydrogens (tertiary/aromatic N) is 5. The molecule has 0 saturated carbocycles. The minimum absolute atomic E-state index is 0.126. The quantitative estimate of drug-likeness (QED) is 0.171. The first kappa shape index (κ1) is 28.7. The van der Waals surface area contributed by atoms with Crippen LogP contribution in [0.1, 0.15) is 41.2 Å². The van der Waals surface area contributed by atoms with E-state index in [1.54, 1.807) is 33.8 Å². The Balaban J connectivity index is 1.35. The lowest BCUT2D eigenvalue weighted by Crippen LogP contribution is -2.40. The molecule has 5 rings (SSSR count). The summed E-state index contributed by atoms with van der Waals surface area (Å²) in [6.07, 6.45) is -0.634. The Morgan fingerprint density at radius 3 is 2.62 bits per heavy atom. The maximum absolute atomic E-state index is 14.2. The summed E-state index contributed by atoms with van der Waals surface area (Å²) in [5.41, 5.74) is 8.32. The number of hydrogen-bond donors (Lipinski definition) is 1. The van der Waals surface area contributed by atoms with E-state index in [-0.39, 0.29) is 30.6 Å². The van der Waals surface area contributed by atoms with E-state index in [9.17, 15) is 27.2 Å². The molecule has 1 amide bonds. The number of aryl methyl sites for hydroxylation is 1. The average molecular weight is 583 g/mol. The van der Waals surface area contributed by atoms with Crippen LogP contribution in [0.25, 0.3) is 22.3 Å². The molecular weight excluding hydrogens is 556 g/mol. The lowest BCUT2D eigenvalue weighted by atomic mass is 10.0. The molecule has 218 valence electrons. The molecule has 0 aliphatic carbocycles. The van der Waals surface area contributed by atoms with Crippen molar-refractivity contribution in [1.82, 2.24) is 24.6 Å². The number of fused-ring (bicyclic) bond motifs is 1. The van der Waals surface area contributed by atoms with Crippen LogP contribution in [-0.4, -0.2) is 55.8 Å². The van der Waals surface area contributed by atoms with Crippen LogP contribution >= 0.6 is 0 Å². The minimum Gasteiger partial charge on any atom is -0.406 e. The molecule has 2 N–H and O–H groups in total. The first-order valence-electron chi connectivity index (χ1n) is 13.1. The van der Waals surface area contributed by atoms with E-state index in [0.29, 0.717) is 35.4 Å². The third kappa shape index (κ3) is 6.09. The number of amides is 1. The Morgan fingerprint density at radius 1 is 1.14 bits per heavy atom. The molecule has 0 spiro atoms. The normalized spacial score (nSPS) is 15.5. The molecule has 9 nitrogen and oxygen atoms in total. The fourth-order valence-electron chi connectivity index (χ4n) is 5.07. The van der Waals surface area contributed by atoms with Crippen molar-refractivity contribution in [2.24, 2.45) is 0 Å². The summed E-state index contributed by atoms with van der Waals surface area (Å²) >= 11 is 0. The summed E-state index contributed by atoms with van der Waals surface area (Å²) in [6, 6.07) is 9.35. The number of carbonyl (C=O) groups excluding carboxylic acids is 2. The molecule has 1 aliphatic heterocycles. The Kier molecular flexibility index (Phi) is 7.92. The van der Waals surface area contributed by atoms with Gasteiger partial charge >= 0.3 is 6.36 Å². The summed E-state index contributed by atoms with van der Waals surface area (Å²) in [5, 5.41) is 5.41. The van der Waals surface area contributed by atoms with Gasteiger partial charge in [-0.25, -0.2) is 19.0 Å². The zero-order chi connectivity index (χ0) is 30.0. The third-order valence-electron chi connectivity index (χ3n) is 7.09. The molecule has 1 atom stereocenters. The van der Waals surface area contributed by atoms with Gasteiger partial charge in [-0.2, -0.15) is 5.10 Å². The fourth-order valence-corrected chi connectivity index (χ4v) is 5.07. The van der Waals surface area contributed by atoms with Gasteiger partial charge in [0.25, 0.3) is 0 Å². The predicted molar refractivity (Wildman–Crippen MR) is 146 cm³/mol. The molecule has 1 unspecified atom stereocenters. The van der Waals surface area contributed by atoms with Crippen LogP contribution < -0.4 is 10.5 Å². The number of carbonyl (C=O) groups is 2. The molecule has 3 heterocycles. The van der Waals surface area contributed by atoms with Crippen LogP contribution in [0.5, 0.6) is 5.75 Å². The number of nitrogen functional groups attached to an aromatic ring is 1. The number of benzene rings is 2. The molecule has 1 fully saturated rings. The van der Waals surface area contributed by atoms with Crippen molar-refractivity contribution < 1.29 is 31.9 Å². The Labute approximate surface area is 237 Å². The van der Waals surface area contributed by atoms with E-state index >= 15 is 0 Å².